The fourth-order valence-electron chi connectivity index (χ4n) is 2.46. The standard InChI is InChI=1S/C16H26N4O/c21-16-13-15(14-5-2-1-3-6-14)19-11-9-17-7-4-8-18-10-12-20-16/h1-3,5-6,15,17-19H,4,7-13H2,(H,20,21). The summed E-state index contributed by atoms with van der Waals surface area (Å²) >= 11 is 0. The Kier molecular flexibility index (Phi) is 7.21. The summed E-state index contributed by atoms with van der Waals surface area (Å²) in [5, 5.41) is 13.2. The Bertz CT molecular complexity index is 410. The van der Waals surface area contributed by atoms with Crippen LogP contribution in [0, 0.1) is 0 Å². The van der Waals surface area contributed by atoms with E-state index in [-0.39, 0.29) is 11.9 Å². The maximum Gasteiger partial charge on any atom is 0.221 e. The largest absolute Gasteiger partial charge is 0.355 e. The van der Waals surface area contributed by atoms with Gasteiger partial charge in [-0.3, -0.25) is 4.79 Å². The van der Waals surface area contributed by atoms with Crippen molar-refractivity contribution in [2.45, 2.75) is 18.9 Å². The van der Waals surface area contributed by atoms with Crippen LogP contribution in [-0.2, 0) is 4.79 Å². The molecule has 0 aromatic heterocycles. The van der Waals surface area contributed by atoms with Crippen molar-refractivity contribution in [3.63, 3.8) is 0 Å². The zero-order valence-electron chi connectivity index (χ0n) is 12.5. The van der Waals surface area contributed by atoms with Crippen LogP contribution in [0.4, 0.5) is 0 Å². The zero-order chi connectivity index (χ0) is 14.8. The van der Waals surface area contributed by atoms with Crippen molar-refractivity contribution < 1.29 is 4.79 Å². The predicted molar refractivity (Wildman–Crippen MR) is 85.2 cm³/mol. The molecule has 1 heterocycles. The normalized spacial score (nSPS) is 23.0. The average molecular weight is 290 g/mol. The van der Waals surface area contributed by atoms with Gasteiger partial charge in [-0.1, -0.05) is 30.3 Å². The molecule has 1 saturated heterocycles. The second kappa shape index (κ2) is 9.50. The van der Waals surface area contributed by atoms with Gasteiger partial charge < -0.3 is 21.3 Å². The van der Waals surface area contributed by atoms with Crippen molar-refractivity contribution in [3.05, 3.63) is 35.9 Å². The fraction of sp³-hybridized carbons (Fsp3) is 0.562. The molecule has 1 aromatic rings. The van der Waals surface area contributed by atoms with Gasteiger partial charge in [0.2, 0.25) is 5.91 Å². The minimum absolute atomic E-state index is 0.0731. The van der Waals surface area contributed by atoms with E-state index in [2.05, 4.69) is 33.4 Å². The highest BCUT2D eigenvalue weighted by Crippen LogP contribution is 2.15. The number of rotatable bonds is 1. The monoisotopic (exact) mass is 290 g/mol. The first-order valence-electron chi connectivity index (χ1n) is 7.83. The number of hydrogen-bond acceptors (Lipinski definition) is 4. The molecule has 0 saturated carbocycles. The lowest BCUT2D eigenvalue weighted by molar-refractivity contribution is -0.121. The molecule has 4 N–H and O–H groups in total. The topological polar surface area (TPSA) is 65.2 Å². The van der Waals surface area contributed by atoms with Crippen LogP contribution in [0.3, 0.4) is 0 Å². The van der Waals surface area contributed by atoms with Crippen LogP contribution in [0.25, 0.3) is 0 Å². The highest BCUT2D eigenvalue weighted by molar-refractivity contribution is 5.76. The Labute approximate surface area is 126 Å². The SMILES string of the molecule is O=C1CC(c2ccccc2)NCCNCCCNCCN1. The molecule has 1 fully saturated rings. The molecule has 0 spiro atoms. The first kappa shape index (κ1) is 15.9. The Balaban J connectivity index is 1.93. The third-order valence-corrected chi connectivity index (χ3v) is 3.62. The summed E-state index contributed by atoms with van der Waals surface area (Å²) in [6, 6.07) is 10.3. The second-order valence-corrected chi connectivity index (χ2v) is 5.33. The molecule has 21 heavy (non-hydrogen) atoms. The molecule has 1 atom stereocenters. The van der Waals surface area contributed by atoms with Gasteiger partial charge in [0, 0.05) is 38.6 Å². The molecule has 5 heteroatoms. The molecule has 0 aliphatic carbocycles. The average Bonchev–Trinajstić information content (AvgIpc) is 2.52. The van der Waals surface area contributed by atoms with Gasteiger partial charge in [0.25, 0.3) is 0 Å². The first-order valence-corrected chi connectivity index (χ1v) is 7.83. The van der Waals surface area contributed by atoms with E-state index in [4.69, 9.17) is 0 Å². The number of nitrogens with one attached hydrogen (secondary N) is 4. The third-order valence-electron chi connectivity index (χ3n) is 3.62. The Morgan fingerprint density at radius 1 is 0.857 bits per heavy atom. The molecule has 0 radical (unpaired) electrons. The molecule has 116 valence electrons. The van der Waals surface area contributed by atoms with Crippen LogP contribution in [0.5, 0.6) is 0 Å². The lowest BCUT2D eigenvalue weighted by atomic mass is 10.0. The van der Waals surface area contributed by atoms with E-state index >= 15 is 0 Å². The maximum absolute atomic E-state index is 12.0. The van der Waals surface area contributed by atoms with Crippen molar-refractivity contribution in [1.29, 1.82) is 0 Å². The zero-order valence-corrected chi connectivity index (χ0v) is 12.5. The molecule has 5 nitrogen and oxygen atoms in total. The van der Waals surface area contributed by atoms with Gasteiger partial charge in [-0.2, -0.15) is 0 Å². The number of carbonyl (C=O) groups is 1. The van der Waals surface area contributed by atoms with Crippen molar-refractivity contribution in [3.8, 4) is 0 Å². The van der Waals surface area contributed by atoms with Gasteiger partial charge in [0.05, 0.1) is 0 Å². The van der Waals surface area contributed by atoms with Crippen LogP contribution in [0.1, 0.15) is 24.4 Å². The van der Waals surface area contributed by atoms with Gasteiger partial charge in [-0.15, -0.1) is 0 Å². The van der Waals surface area contributed by atoms with Crippen molar-refractivity contribution >= 4 is 5.91 Å². The van der Waals surface area contributed by atoms with Gasteiger partial charge in [-0.25, -0.2) is 0 Å². The summed E-state index contributed by atoms with van der Waals surface area (Å²) in [6.45, 7) is 5.31. The molecule has 1 amide bonds. The number of benzene rings is 1. The van der Waals surface area contributed by atoms with E-state index in [1.54, 1.807) is 0 Å². The van der Waals surface area contributed by atoms with Crippen LogP contribution in [0.2, 0.25) is 0 Å². The highest BCUT2D eigenvalue weighted by atomic mass is 16.1. The molecule has 1 unspecified atom stereocenters. The molecule has 1 aromatic carbocycles. The second-order valence-electron chi connectivity index (χ2n) is 5.33. The predicted octanol–water partition coefficient (Wildman–Crippen LogP) is 0.407. The minimum Gasteiger partial charge on any atom is -0.355 e. The van der Waals surface area contributed by atoms with E-state index in [1.165, 1.54) is 0 Å². The van der Waals surface area contributed by atoms with Crippen molar-refractivity contribution in [2.24, 2.45) is 0 Å². The van der Waals surface area contributed by atoms with Gasteiger partial charge in [0.1, 0.15) is 0 Å². The Morgan fingerprint density at radius 2 is 1.57 bits per heavy atom. The smallest absolute Gasteiger partial charge is 0.221 e. The first-order chi connectivity index (χ1) is 10.4. The molecule has 2 rings (SSSR count). The molecule has 1 aliphatic rings. The molecule has 1 aliphatic heterocycles. The van der Waals surface area contributed by atoms with Crippen LogP contribution in [-0.4, -0.2) is 45.2 Å². The van der Waals surface area contributed by atoms with Crippen molar-refractivity contribution in [1.82, 2.24) is 21.3 Å². The van der Waals surface area contributed by atoms with E-state index in [0.29, 0.717) is 13.0 Å². The van der Waals surface area contributed by atoms with Gasteiger partial charge in [0.15, 0.2) is 0 Å². The molecular formula is C16H26N4O. The Morgan fingerprint density at radius 3 is 2.33 bits per heavy atom. The fourth-order valence-corrected chi connectivity index (χ4v) is 2.46. The van der Waals surface area contributed by atoms with Crippen LogP contribution >= 0.6 is 0 Å². The summed E-state index contributed by atoms with van der Waals surface area (Å²) in [4.78, 5) is 12.0. The van der Waals surface area contributed by atoms with Gasteiger partial charge >= 0.3 is 0 Å². The van der Waals surface area contributed by atoms with E-state index in [1.807, 2.05) is 18.2 Å². The third kappa shape index (κ3) is 6.25. The summed E-state index contributed by atoms with van der Waals surface area (Å²) < 4.78 is 0. The summed E-state index contributed by atoms with van der Waals surface area (Å²) in [5.41, 5.74) is 1.16. The van der Waals surface area contributed by atoms with E-state index in [9.17, 15) is 4.79 Å². The number of amides is 1. The van der Waals surface area contributed by atoms with Crippen LogP contribution < -0.4 is 21.3 Å². The number of hydrogen-bond donors (Lipinski definition) is 4. The highest BCUT2D eigenvalue weighted by Gasteiger charge is 2.15. The maximum atomic E-state index is 12.0. The minimum atomic E-state index is 0.0731. The van der Waals surface area contributed by atoms with E-state index in [0.717, 1.165) is 44.7 Å². The molecular weight excluding hydrogens is 264 g/mol. The van der Waals surface area contributed by atoms with Crippen molar-refractivity contribution in [2.75, 3.05) is 39.3 Å². The number of carbonyl (C=O) groups excluding carboxylic acids is 1. The quantitative estimate of drug-likeness (QED) is 0.605. The summed E-state index contributed by atoms with van der Waals surface area (Å²) in [5.74, 6) is 0.100. The summed E-state index contributed by atoms with van der Waals surface area (Å²) in [7, 11) is 0. The molecule has 0 bridgehead atoms. The van der Waals surface area contributed by atoms with Crippen LogP contribution in [0.15, 0.2) is 30.3 Å². The lowest BCUT2D eigenvalue weighted by Crippen LogP contribution is -2.38. The summed E-state index contributed by atoms with van der Waals surface area (Å²) in [6.07, 6.45) is 1.58. The van der Waals surface area contributed by atoms with E-state index < -0.39 is 0 Å². The Hall–Kier alpha value is -1.43. The lowest BCUT2D eigenvalue weighted by Gasteiger charge is -2.20. The van der Waals surface area contributed by atoms with Gasteiger partial charge in [-0.05, 0) is 25.1 Å².